The van der Waals surface area contributed by atoms with Crippen molar-refractivity contribution in [3.8, 4) is 0 Å². The number of benzene rings is 1. The van der Waals surface area contributed by atoms with E-state index in [4.69, 9.17) is 9.15 Å². The zero-order chi connectivity index (χ0) is 14.0. The lowest BCUT2D eigenvalue weighted by atomic mass is 10.1. The van der Waals surface area contributed by atoms with E-state index in [2.05, 4.69) is 35.1 Å². The third kappa shape index (κ3) is 2.99. The van der Waals surface area contributed by atoms with Crippen LogP contribution in [0.2, 0.25) is 0 Å². The Hall–Kier alpha value is -0.910. The molecule has 0 aliphatic heterocycles. The molecule has 2 aromatic rings. The van der Waals surface area contributed by atoms with Crippen molar-refractivity contribution < 1.29 is 13.5 Å². The first-order valence-electron chi connectivity index (χ1n) is 6.15. The molecule has 0 unspecified atom stereocenters. The summed E-state index contributed by atoms with van der Waals surface area (Å²) in [6, 6.07) is 3.41. The highest BCUT2D eigenvalue weighted by Crippen LogP contribution is 2.34. The molecule has 1 aromatic heterocycles. The van der Waals surface area contributed by atoms with Crippen LogP contribution >= 0.6 is 15.9 Å². The van der Waals surface area contributed by atoms with Gasteiger partial charge in [0.15, 0.2) is 5.58 Å². The first-order chi connectivity index (χ1) is 9.04. The van der Waals surface area contributed by atoms with Crippen LogP contribution in [-0.4, -0.2) is 13.2 Å². The Bertz CT molecular complexity index is 580. The van der Waals surface area contributed by atoms with Crippen LogP contribution in [0.15, 0.2) is 21.0 Å². The molecular formula is C14H17BrFNO2. The molecule has 1 heterocycles. The van der Waals surface area contributed by atoms with E-state index >= 15 is 0 Å². The van der Waals surface area contributed by atoms with E-state index in [1.165, 1.54) is 6.07 Å². The smallest absolute Gasteiger partial charge is 0.151 e. The highest BCUT2D eigenvalue weighted by atomic mass is 79.9. The number of halogens is 2. The monoisotopic (exact) mass is 329 g/mol. The quantitative estimate of drug-likeness (QED) is 0.900. The predicted molar refractivity (Wildman–Crippen MR) is 76.6 cm³/mol. The molecule has 0 spiro atoms. The number of ether oxygens (including phenoxy) is 1. The van der Waals surface area contributed by atoms with Crippen LogP contribution in [0.3, 0.4) is 0 Å². The van der Waals surface area contributed by atoms with Gasteiger partial charge >= 0.3 is 0 Å². The molecule has 104 valence electrons. The van der Waals surface area contributed by atoms with Crippen molar-refractivity contribution >= 4 is 26.9 Å². The molecule has 1 N–H and O–H groups in total. The minimum absolute atomic E-state index is 0.287. The molecule has 1 aromatic carbocycles. The lowest BCUT2D eigenvalue weighted by Gasteiger charge is -2.07. The maximum Gasteiger partial charge on any atom is 0.151 e. The molecule has 0 aliphatic carbocycles. The van der Waals surface area contributed by atoms with Gasteiger partial charge in [-0.05, 0) is 28.1 Å². The molecule has 19 heavy (non-hydrogen) atoms. The minimum atomic E-state index is -0.287. The summed E-state index contributed by atoms with van der Waals surface area (Å²) in [6.07, 6.45) is 0. The van der Waals surface area contributed by atoms with Crippen LogP contribution in [0, 0.1) is 5.82 Å². The van der Waals surface area contributed by atoms with Crippen molar-refractivity contribution in [1.29, 1.82) is 0 Å². The van der Waals surface area contributed by atoms with Crippen LogP contribution in [-0.2, 0) is 17.9 Å². The number of hydrogen-bond acceptors (Lipinski definition) is 3. The Morgan fingerprint density at radius 1 is 1.42 bits per heavy atom. The first kappa shape index (κ1) is 14.5. The third-order valence-corrected chi connectivity index (χ3v) is 3.51. The highest BCUT2D eigenvalue weighted by Gasteiger charge is 2.19. The molecule has 0 saturated heterocycles. The number of methoxy groups -OCH3 is 1. The summed E-state index contributed by atoms with van der Waals surface area (Å²) in [6.45, 7) is 4.98. The molecule has 3 nitrogen and oxygen atoms in total. The van der Waals surface area contributed by atoms with Gasteiger partial charge in [0.2, 0.25) is 0 Å². The summed E-state index contributed by atoms with van der Waals surface area (Å²) < 4.78 is 25.7. The van der Waals surface area contributed by atoms with Gasteiger partial charge in [0.25, 0.3) is 0 Å². The van der Waals surface area contributed by atoms with Crippen LogP contribution in [0.5, 0.6) is 0 Å². The maximum atomic E-state index is 14.0. The van der Waals surface area contributed by atoms with Gasteiger partial charge in [0.05, 0.1) is 23.0 Å². The van der Waals surface area contributed by atoms with Crippen molar-refractivity contribution in [2.45, 2.75) is 33.0 Å². The van der Waals surface area contributed by atoms with E-state index in [1.807, 2.05) is 0 Å². The lowest BCUT2D eigenvalue weighted by molar-refractivity contribution is 0.183. The fourth-order valence-electron chi connectivity index (χ4n) is 1.98. The third-order valence-electron chi connectivity index (χ3n) is 2.88. The average molecular weight is 330 g/mol. The summed E-state index contributed by atoms with van der Waals surface area (Å²) >= 11 is 3.39. The van der Waals surface area contributed by atoms with E-state index < -0.39 is 0 Å². The van der Waals surface area contributed by atoms with Gasteiger partial charge < -0.3 is 14.5 Å². The molecular weight excluding hydrogens is 313 g/mol. The predicted octanol–water partition coefficient (Wildman–Crippen LogP) is 3.98. The number of fused-ring (bicyclic) bond motifs is 1. The number of nitrogens with one attached hydrogen (secondary N) is 1. The van der Waals surface area contributed by atoms with Gasteiger partial charge in [0.1, 0.15) is 11.6 Å². The molecule has 0 atom stereocenters. The van der Waals surface area contributed by atoms with Crippen LogP contribution in [0.25, 0.3) is 11.0 Å². The van der Waals surface area contributed by atoms with E-state index in [9.17, 15) is 4.39 Å². The van der Waals surface area contributed by atoms with Crippen LogP contribution < -0.4 is 5.32 Å². The van der Waals surface area contributed by atoms with Gasteiger partial charge in [-0.1, -0.05) is 13.8 Å². The van der Waals surface area contributed by atoms with Gasteiger partial charge in [-0.25, -0.2) is 4.39 Å². The second-order valence-corrected chi connectivity index (χ2v) is 5.56. The second kappa shape index (κ2) is 6.03. The summed E-state index contributed by atoms with van der Waals surface area (Å²) in [5, 5.41) is 3.77. The van der Waals surface area contributed by atoms with E-state index in [-0.39, 0.29) is 5.82 Å². The number of furan rings is 1. The normalized spacial score (nSPS) is 11.7. The Kier molecular flexibility index (Phi) is 4.60. The standard InChI is InChI=1S/C14H17BrFNO2/c1-8(2)17-6-12-9(7-18-3)13-11(16)5-4-10(15)14(13)19-12/h4-5,8,17H,6-7H2,1-3H3. The zero-order valence-electron chi connectivity index (χ0n) is 11.2. The minimum Gasteiger partial charge on any atom is -0.458 e. The van der Waals surface area contributed by atoms with E-state index in [0.29, 0.717) is 30.2 Å². The van der Waals surface area contributed by atoms with Gasteiger partial charge in [-0.3, -0.25) is 0 Å². The average Bonchev–Trinajstić information content (AvgIpc) is 2.72. The van der Waals surface area contributed by atoms with E-state index in [0.717, 1.165) is 15.8 Å². The molecule has 0 amide bonds. The fourth-order valence-corrected chi connectivity index (χ4v) is 2.39. The first-order valence-corrected chi connectivity index (χ1v) is 6.94. The summed E-state index contributed by atoms with van der Waals surface area (Å²) in [5.41, 5.74) is 1.30. The Labute approximate surface area is 120 Å². The Morgan fingerprint density at radius 3 is 2.79 bits per heavy atom. The van der Waals surface area contributed by atoms with Gasteiger partial charge in [0, 0.05) is 18.7 Å². The summed E-state index contributed by atoms with van der Waals surface area (Å²) in [5.74, 6) is 0.432. The highest BCUT2D eigenvalue weighted by molar-refractivity contribution is 9.10. The summed E-state index contributed by atoms with van der Waals surface area (Å²) in [7, 11) is 1.59. The Balaban J connectivity index is 2.53. The van der Waals surface area contributed by atoms with Crippen molar-refractivity contribution in [3.05, 3.63) is 33.7 Å². The van der Waals surface area contributed by atoms with Crippen molar-refractivity contribution in [1.82, 2.24) is 5.32 Å². The molecule has 0 fully saturated rings. The largest absolute Gasteiger partial charge is 0.458 e. The van der Waals surface area contributed by atoms with E-state index in [1.54, 1.807) is 13.2 Å². The zero-order valence-corrected chi connectivity index (χ0v) is 12.8. The molecule has 0 saturated carbocycles. The maximum absolute atomic E-state index is 14.0. The summed E-state index contributed by atoms with van der Waals surface area (Å²) in [4.78, 5) is 0. The molecule has 5 heteroatoms. The molecule has 2 rings (SSSR count). The van der Waals surface area contributed by atoms with Crippen molar-refractivity contribution in [2.24, 2.45) is 0 Å². The fraction of sp³-hybridized carbons (Fsp3) is 0.429. The SMILES string of the molecule is COCc1c(CNC(C)C)oc2c(Br)ccc(F)c12. The number of rotatable bonds is 5. The van der Waals surface area contributed by atoms with Crippen molar-refractivity contribution in [2.75, 3.05) is 7.11 Å². The Morgan fingerprint density at radius 2 is 2.16 bits per heavy atom. The number of hydrogen-bond donors (Lipinski definition) is 1. The van der Waals surface area contributed by atoms with Crippen molar-refractivity contribution in [3.63, 3.8) is 0 Å². The van der Waals surface area contributed by atoms with Gasteiger partial charge in [-0.15, -0.1) is 0 Å². The van der Waals surface area contributed by atoms with Crippen LogP contribution in [0.4, 0.5) is 4.39 Å². The molecule has 0 aliphatic rings. The molecule has 0 bridgehead atoms. The van der Waals surface area contributed by atoms with Crippen LogP contribution in [0.1, 0.15) is 25.2 Å². The second-order valence-electron chi connectivity index (χ2n) is 4.71. The topological polar surface area (TPSA) is 34.4 Å². The molecule has 0 radical (unpaired) electrons. The lowest BCUT2D eigenvalue weighted by Crippen LogP contribution is -2.22. The van der Waals surface area contributed by atoms with Gasteiger partial charge in [-0.2, -0.15) is 0 Å².